The molecular formula is C55H35N5O. The Kier molecular flexibility index (Phi) is 5.90. The molecule has 0 spiro atoms. The molecule has 286 valence electrons. The van der Waals surface area contributed by atoms with Gasteiger partial charge in [-0.05, 0) is 70.1 Å². The number of hydrogen-bond donors (Lipinski definition) is 0. The minimum atomic E-state index is -2.36. The van der Waals surface area contributed by atoms with E-state index in [9.17, 15) is 0 Å². The Balaban J connectivity index is 1.06. The topological polar surface area (TPSA) is 39.1 Å². The second kappa shape index (κ2) is 12.0. The molecule has 6 nitrogen and oxygen atoms in total. The van der Waals surface area contributed by atoms with Crippen molar-refractivity contribution >= 4 is 115 Å². The first-order valence-electron chi connectivity index (χ1n) is 22.2. The van der Waals surface area contributed by atoms with Gasteiger partial charge in [-0.25, -0.2) is 4.98 Å². The number of ether oxygens (including phenoxy) is 1. The molecule has 14 rings (SSSR count). The minimum Gasteiger partial charge on any atom is -0.457 e. The molecule has 0 amide bonds. The van der Waals surface area contributed by atoms with E-state index >= 15 is 0 Å². The van der Waals surface area contributed by atoms with Gasteiger partial charge in [0.2, 0.25) is 0 Å². The van der Waals surface area contributed by atoms with E-state index in [2.05, 4.69) is 159 Å². The predicted molar refractivity (Wildman–Crippen MR) is 254 cm³/mol. The molecule has 0 N–H and O–H groups in total. The summed E-state index contributed by atoms with van der Waals surface area (Å²) in [6.45, 7) is -2.21. The highest BCUT2D eigenvalue weighted by Crippen LogP contribution is 2.43. The molecule has 0 fully saturated rings. The average molecular weight is 785 g/mol. The number of nitrogens with zero attached hydrogens (tertiary/aromatic N) is 5. The van der Waals surface area contributed by atoms with Crippen molar-refractivity contribution in [3.8, 4) is 11.5 Å². The van der Waals surface area contributed by atoms with E-state index in [4.69, 9.17) is 13.8 Å². The maximum absolute atomic E-state index is 8.63. The maximum atomic E-state index is 8.63. The fraction of sp³-hybridized carbons (Fsp3) is 0.0364. The lowest BCUT2D eigenvalue weighted by Crippen LogP contribution is -2.14. The van der Waals surface area contributed by atoms with Crippen molar-refractivity contribution in [3.05, 3.63) is 182 Å². The first kappa shape index (κ1) is 30.0. The van der Waals surface area contributed by atoms with E-state index in [0.29, 0.717) is 17.2 Å². The molecule has 61 heavy (non-hydrogen) atoms. The van der Waals surface area contributed by atoms with Crippen molar-refractivity contribution in [2.24, 2.45) is 0 Å². The van der Waals surface area contributed by atoms with Gasteiger partial charge in [0, 0.05) is 72.5 Å². The monoisotopic (exact) mass is 784 g/mol. The Bertz CT molecular complexity index is 4270. The number of hydrogen-bond acceptors (Lipinski definition) is 3. The van der Waals surface area contributed by atoms with E-state index in [1.807, 2.05) is 36.5 Å². The normalized spacial score (nSPS) is 13.8. The SMILES string of the molecule is [2H]C([2H])([2H])N1Cn2c3cc(Oc4ccc5c6cccc7c8cccc9c%10ccccc%10n(c%10cccnc%10n(c5c4)c67)c98)ccc3c3ccccc3c3ccccc3c3cccc1c32. The summed E-state index contributed by atoms with van der Waals surface area (Å²) in [5.74, 6) is 1.31. The van der Waals surface area contributed by atoms with Crippen LogP contribution in [-0.2, 0) is 6.67 Å². The highest BCUT2D eigenvalue weighted by atomic mass is 16.5. The molecule has 1 aliphatic heterocycles. The molecule has 0 aliphatic carbocycles. The van der Waals surface area contributed by atoms with E-state index in [-0.39, 0.29) is 6.67 Å². The summed E-state index contributed by atoms with van der Waals surface area (Å²) in [7, 11) is 0. The van der Waals surface area contributed by atoms with Crippen LogP contribution in [-0.4, -0.2) is 25.3 Å². The van der Waals surface area contributed by atoms with Crippen LogP contribution < -0.4 is 9.64 Å². The second-order valence-corrected chi connectivity index (χ2v) is 16.2. The lowest BCUT2D eigenvalue weighted by atomic mass is 10.0. The van der Waals surface area contributed by atoms with Crippen molar-refractivity contribution in [2.45, 2.75) is 6.67 Å². The van der Waals surface area contributed by atoms with Crippen molar-refractivity contribution in [3.63, 3.8) is 0 Å². The lowest BCUT2D eigenvalue weighted by Gasteiger charge is -2.13. The molecule has 8 aromatic carbocycles. The molecule has 6 heteroatoms. The fourth-order valence-corrected chi connectivity index (χ4v) is 10.6. The molecular weight excluding hydrogens is 747 g/mol. The molecule has 1 aliphatic rings. The molecule has 0 atom stereocenters. The quantitative estimate of drug-likeness (QED) is 0.175. The second-order valence-electron chi connectivity index (χ2n) is 16.2. The van der Waals surface area contributed by atoms with Crippen LogP contribution in [0.1, 0.15) is 4.11 Å². The number of anilines is 1. The Morgan fingerprint density at radius 1 is 0.426 bits per heavy atom. The van der Waals surface area contributed by atoms with Gasteiger partial charge < -0.3 is 18.6 Å². The zero-order valence-electron chi connectivity index (χ0n) is 35.7. The van der Waals surface area contributed by atoms with E-state index in [1.54, 1.807) is 0 Å². The number of para-hydroxylation sites is 4. The van der Waals surface area contributed by atoms with Gasteiger partial charge in [0.15, 0.2) is 5.65 Å². The molecule has 0 saturated carbocycles. The zero-order valence-corrected chi connectivity index (χ0v) is 32.7. The largest absolute Gasteiger partial charge is 0.457 e. The van der Waals surface area contributed by atoms with Gasteiger partial charge in [0.05, 0.1) is 51.0 Å². The van der Waals surface area contributed by atoms with E-state index < -0.39 is 6.98 Å². The average Bonchev–Trinajstić information content (AvgIpc) is 4.00. The summed E-state index contributed by atoms with van der Waals surface area (Å²) in [4.78, 5) is 6.68. The van der Waals surface area contributed by atoms with Crippen LogP contribution in [0, 0.1) is 0 Å². The van der Waals surface area contributed by atoms with Crippen LogP contribution in [0.5, 0.6) is 11.5 Å². The van der Waals surface area contributed by atoms with E-state index in [1.165, 1.54) is 26.6 Å². The number of aromatic nitrogens is 4. The summed E-state index contributed by atoms with van der Waals surface area (Å²) in [5, 5.41) is 13.2. The number of benzene rings is 8. The Morgan fingerprint density at radius 3 is 1.61 bits per heavy atom. The molecule has 13 aromatic rings. The lowest BCUT2D eigenvalue weighted by molar-refractivity contribution is 0.484. The summed E-state index contributed by atoms with van der Waals surface area (Å²) < 4.78 is 39.7. The molecule has 0 bridgehead atoms. The summed E-state index contributed by atoms with van der Waals surface area (Å²) >= 11 is 0. The van der Waals surface area contributed by atoms with Crippen molar-refractivity contribution in [1.29, 1.82) is 0 Å². The molecule has 0 unspecified atom stereocenters. The Morgan fingerprint density at radius 2 is 0.918 bits per heavy atom. The third-order valence-corrected chi connectivity index (χ3v) is 13.0. The number of fused-ring (bicyclic) bond motifs is 17. The highest BCUT2D eigenvalue weighted by molar-refractivity contribution is 6.25. The van der Waals surface area contributed by atoms with Crippen LogP contribution in [0.15, 0.2) is 182 Å². The van der Waals surface area contributed by atoms with Crippen LogP contribution in [0.25, 0.3) is 109 Å². The van der Waals surface area contributed by atoms with Crippen LogP contribution in [0.3, 0.4) is 0 Å². The molecule has 5 aromatic heterocycles. The molecule has 0 saturated heterocycles. The minimum absolute atomic E-state index is 0.149. The summed E-state index contributed by atoms with van der Waals surface area (Å²) in [6.07, 6.45) is 1.88. The van der Waals surface area contributed by atoms with E-state index in [0.717, 1.165) is 87.2 Å². The van der Waals surface area contributed by atoms with Crippen LogP contribution >= 0.6 is 0 Å². The van der Waals surface area contributed by atoms with Gasteiger partial charge in [0.1, 0.15) is 11.5 Å². The smallest absolute Gasteiger partial charge is 0.162 e. The Hall–Kier alpha value is -8.09. The number of rotatable bonds is 2. The summed E-state index contributed by atoms with van der Waals surface area (Å²) in [5.41, 5.74) is 8.61. The van der Waals surface area contributed by atoms with Crippen LogP contribution in [0.2, 0.25) is 0 Å². The highest BCUT2D eigenvalue weighted by Gasteiger charge is 2.22. The first-order valence-corrected chi connectivity index (χ1v) is 20.7. The van der Waals surface area contributed by atoms with Crippen molar-refractivity contribution < 1.29 is 8.85 Å². The van der Waals surface area contributed by atoms with Crippen LogP contribution in [0.4, 0.5) is 5.69 Å². The van der Waals surface area contributed by atoms with Gasteiger partial charge in [0.25, 0.3) is 0 Å². The number of pyridine rings is 1. The third-order valence-electron chi connectivity index (χ3n) is 13.0. The predicted octanol–water partition coefficient (Wildman–Crippen LogP) is 14.1. The van der Waals surface area contributed by atoms with Gasteiger partial charge >= 0.3 is 0 Å². The van der Waals surface area contributed by atoms with Crippen molar-refractivity contribution in [2.75, 3.05) is 11.9 Å². The molecule has 0 radical (unpaired) electrons. The zero-order chi connectivity index (χ0) is 42.4. The van der Waals surface area contributed by atoms with Gasteiger partial charge in [-0.1, -0.05) is 115 Å². The summed E-state index contributed by atoms with van der Waals surface area (Å²) in [6, 6.07) is 61.5. The van der Waals surface area contributed by atoms with Gasteiger partial charge in [-0.3, -0.25) is 4.40 Å². The molecule has 6 heterocycles. The van der Waals surface area contributed by atoms with Crippen molar-refractivity contribution in [1.82, 2.24) is 18.4 Å². The standard InChI is InChI=1S/C55H35N5O/c1-57-32-58-50-30-33(25-27-40(50)37-14-4-2-12-35(37)36-13-3-5-15-38(36)42-21-10-23-48(57)54(42)58)61-34-26-28-41-44-18-9-20-46-45-19-8-17-43-39-16-6-7-22-47(39)59(52(43)45)49-24-11-29-56-55(49)60(53(44)46)51(41)31-34/h2-31H,32H2,1H3/i1D3. The maximum Gasteiger partial charge on any atom is 0.162 e. The third kappa shape index (κ3) is 4.38. The Labute approximate surface area is 352 Å². The van der Waals surface area contributed by atoms with Gasteiger partial charge in [-0.2, -0.15) is 0 Å². The fourth-order valence-electron chi connectivity index (χ4n) is 10.6. The first-order chi connectivity index (χ1) is 31.4. The van der Waals surface area contributed by atoms with Gasteiger partial charge in [-0.15, -0.1) is 0 Å².